The van der Waals surface area contributed by atoms with E-state index in [0.29, 0.717) is 22.6 Å². The average molecular weight is 282 g/mol. The zero-order valence-corrected chi connectivity index (χ0v) is 11.2. The van der Waals surface area contributed by atoms with Gasteiger partial charge in [0.25, 0.3) is 0 Å². The second kappa shape index (κ2) is 5.68. The molecule has 100 valence electrons. The van der Waals surface area contributed by atoms with Gasteiger partial charge in [-0.15, -0.1) is 0 Å². The van der Waals surface area contributed by atoms with Crippen LogP contribution in [0.5, 0.6) is 0 Å². The maximum absolute atomic E-state index is 13.2. The lowest BCUT2D eigenvalue weighted by Crippen LogP contribution is -2.14. The molecule has 0 spiro atoms. The van der Waals surface area contributed by atoms with Gasteiger partial charge in [-0.3, -0.25) is 0 Å². The minimum Gasteiger partial charge on any atom is -0.324 e. The van der Waals surface area contributed by atoms with Gasteiger partial charge in [-0.2, -0.15) is 0 Å². The summed E-state index contributed by atoms with van der Waals surface area (Å²) in [5, 5.41) is 0.482. The van der Waals surface area contributed by atoms with Gasteiger partial charge in [0.1, 0.15) is 11.6 Å². The van der Waals surface area contributed by atoms with Crippen LogP contribution >= 0.6 is 11.6 Å². The summed E-state index contributed by atoms with van der Waals surface area (Å²) >= 11 is 6.00. The molecule has 2 N–H and O–H groups in total. The Morgan fingerprint density at radius 2 is 1.89 bits per heavy atom. The second-order valence-electron chi connectivity index (χ2n) is 4.55. The molecule has 0 amide bonds. The van der Waals surface area contributed by atoms with Crippen LogP contribution in [0.3, 0.4) is 0 Å². The van der Waals surface area contributed by atoms with Gasteiger partial charge >= 0.3 is 0 Å². The predicted molar refractivity (Wildman–Crippen MR) is 73.2 cm³/mol. The lowest BCUT2D eigenvalue weighted by atomic mass is 9.98. The molecular formula is C15H14ClF2N. The number of hydrogen-bond acceptors (Lipinski definition) is 1. The summed E-state index contributed by atoms with van der Waals surface area (Å²) in [6, 6.07) is 8.57. The third-order valence-corrected chi connectivity index (χ3v) is 3.43. The number of halogens is 3. The highest BCUT2D eigenvalue weighted by molar-refractivity contribution is 6.31. The first-order valence-electron chi connectivity index (χ1n) is 5.93. The Balaban J connectivity index is 2.22. The highest BCUT2D eigenvalue weighted by Crippen LogP contribution is 2.24. The molecule has 1 nitrogen and oxygen atoms in total. The number of benzene rings is 2. The number of rotatable bonds is 3. The minimum absolute atomic E-state index is 0.264. The fourth-order valence-corrected chi connectivity index (χ4v) is 2.15. The summed E-state index contributed by atoms with van der Waals surface area (Å²) in [6.07, 6.45) is 0.404. The molecule has 0 radical (unpaired) electrons. The maximum atomic E-state index is 13.2. The van der Waals surface area contributed by atoms with Gasteiger partial charge in [-0.05, 0) is 54.3 Å². The molecule has 0 heterocycles. The third kappa shape index (κ3) is 3.31. The van der Waals surface area contributed by atoms with Gasteiger partial charge in [0.05, 0.1) is 0 Å². The van der Waals surface area contributed by atoms with Crippen molar-refractivity contribution in [3.05, 3.63) is 69.7 Å². The van der Waals surface area contributed by atoms with Crippen LogP contribution in [-0.2, 0) is 6.42 Å². The first-order valence-corrected chi connectivity index (χ1v) is 6.30. The molecule has 2 aromatic rings. The van der Waals surface area contributed by atoms with Crippen molar-refractivity contribution in [2.45, 2.75) is 19.4 Å². The Morgan fingerprint density at radius 3 is 2.58 bits per heavy atom. The number of aryl methyl sites for hydroxylation is 1. The maximum Gasteiger partial charge on any atom is 0.126 e. The summed E-state index contributed by atoms with van der Waals surface area (Å²) in [7, 11) is 0. The highest BCUT2D eigenvalue weighted by atomic mass is 35.5. The molecule has 0 bridgehead atoms. The van der Waals surface area contributed by atoms with E-state index in [2.05, 4.69) is 0 Å². The van der Waals surface area contributed by atoms with Crippen LogP contribution < -0.4 is 5.73 Å². The molecule has 1 unspecified atom stereocenters. The molecule has 1 atom stereocenters. The summed E-state index contributed by atoms with van der Waals surface area (Å²) < 4.78 is 26.4. The SMILES string of the molecule is Cc1cc(C(N)Cc2cc(F)ccc2Cl)ccc1F. The standard InChI is InChI=1S/C15H14ClF2N/c1-9-6-10(2-5-14(9)18)15(19)8-11-7-12(17)3-4-13(11)16/h2-7,15H,8,19H2,1H3. The molecule has 0 saturated heterocycles. The second-order valence-corrected chi connectivity index (χ2v) is 4.96. The third-order valence-electron chi connectivity index (χ3n) is 3.06. The Labute approximate surface area is 116 Å². The number of hydrogen-bond donors (Lipinski definition) is 1. The monoisotopic (exact) mass is 281 g/mol. The normalized spacial score (nSPS) is 12.5. The van der Waals surface area contributed by atoms with E-state index < -0.39 is 0 Å². The van der Waals surface area contributed by atoms with Crippen molar-refractivity contribution in [1.29, 1.82) is 0 Å². The van der Waals surface area contributed by atoms with Gasteiger partial charge < -0.3 is 5.73 Å². The topological polar surface area (TPSA) is 26.0 Å². The summed E-state index contributed by atoms with van der Waals surface area (Å²) in [5.41, 5.74) is 8.06. The lowest BCUT2D eigenvalue weighted by Gasteiger charge is -2.14. The van der Waals surface area contributed by atoms with Crippen molar-refractivity contribution < 1.29 is 8.78 Å². The van der Waals surface area contributed by atoms with Crippen molar-refractivity contribution in [1.82, 2.24) is 0 Å². The van der Waals surface area contributed by atoms with E-state index in [0.717, 1.165) is 5.56 Å². The highest BCUT2D eigenvalue weighted by Gasteiger charge is 2.11. The Hall–Kier alpha value is -1.45. The molecule has 0 saturated carbocycles. The first-order chi connectivity index (χ1) is 8.97. The van der Waals surface area contributed by atoms with E-state index >= 15 is 0 Å². The predicted octanol–water partition coefficient (Wildman–Crippen LogP) is 4.17. The Bertz CT molecular complexity index is 599. The first kappa shape index (κ1) is 14.0. The van der Waals surface area contributed by atoms with Gasteiger partial charge in [-0.1, -0.05) is 23.7 Å². The van der Waals surface area contributed by atoms with Crippen molar-refractivity contribution in [3.8, 4) is 0 Å². The van der Waals surface area contributed by atoms with Gasteiger partial charge in [-0.25, -0.2) is 8.78 Å². The molecule has 19 heavy (non-hydrogen) atoms. The van der Waals surface area contributed by atoms with E-state index in [1.54, 1.807) is 19.1 Å². The van der Waals surface area contributed by atoms with E-state index in [-0.39, 0.29) is 17.7 Å². The molecule has 4 heteroatoms. The Morgan fingerprint density at radius 1 is 1.16 bits per heavy atom. The van der Waals surface area contributed by atoms with Crippen molar-refractivity contribution in [3.63, 3.8) is 0 Å². The summed E-state index contributed by atoms with van der Waals surface area (Å²) in [6.45, 7) is 1.68. The molecule has 0 aromatic heterocycles. The van der Waals surface area contributed by atoms with Crippen LogP contribution in [0.2, 0.25) is 5.02 Å². The van der Waals surface area contributed by atoms with Gasteiger partial charge in [0, 0.05) is 11.1 Å². The summed E-state index contributed by atoms with van der Waals surface area (Å²) in [4.78, 5) is 0. The number of nitrogens with two attached hydrogens (primary N) is 1. The van der Waals surface area contributed by atoms with Crippen molar-refractivity contribution in [2.75, 3.05) is 0 Å². The molecule has 0 aliphatic heterocycles. The molecule has 2 rings (SSSR count). The zero-order chi connectivity index (χ0) is 14.0. The molecule has 2 aromatic carbocycles. The van der Waals surface area contributed by atoms with E-state index in [1.165, 1.54) is 24.3 Å². The summed E-state index contributed by atoms with van der Waals surface area (Å²) in [5.74, 6) is -0.610. The van der Waals surface area contributed by atoms with Crippen molar-refractivity contribution >= 4 is 11.6 Å². The van der Waals surface area contributed by atoms with E-state index in [9.17, 15) is 8.78 Å². The zero-order valence-electron chi connectivity index (χ0n) is 10.5. The van der Waals surface area contributed by atoms with Crippen LogP contribution in [0, 0.1) is 18.6 Å². The lowest BCUT2D eigenvalue weighted by molar-refractivity contribution is 0.613. The largest absolute Gasteiger partial charge is 0.324 e. The smallest absolute Gasteiger partial charge is 0.126 e. The molecule has 0 aliphatic carbocycles. The van der Waals surface area contributed by atoms with E-state index in [1.807, 2.05) is 0 Å². The molecule has 0 fully saturated rings. The van der Waals surface area contributed by atoms with Gasteiger partial charge in [0.2, 0.25) is 0 Å². The van der Waals surface area contributed by atoms with Crippen LogP contribution in [0.4, 0.5) is 8.78 Å². The van der Waals surface area contributed by atoms with E-state index in [4.69, 9.17) is 17.3 Å². The fraction of sp³-hybridized carbons (Fsp3) is 0.200. The quantitative estimate of drug-likeness (QED) is 0.898. The average Bonchev–Trinajstić information content (AvgIpc) is 2.37. The van der Waals surface area contributed by atoms with Crippen LogP contribution in [0.1, 0.15) is 22.7 Å². The van der Waals surface area contributed by atoms with Crippen LogP contribution in [0.25, 0.3) is 0 Å². The fourth-order valence-electron chi connectivity index (χ4n) is 1.95. The Kier molecular flexibility index (Phi) is 4.17. The van der Waals surface area contributed by atoms with Crippen LogP contribution in [-0.4, -0.2) is 0 Å². The van der Waals surface area contributed by atoms with Crippen LogP contribution in [0.15, 0.2) is 36.4 Å². The molecule has 0 aliphatic rings. The minimum atomic E-state index is -0.349. The van der Waals surface area contributed by atoms with Gasteiger partial charge in [0.15, 0.2) is 0 Å². The van der Waals surface area contributed by atoms with Crippen molar-refractivity contribution in [2.24, 2.45) is 5.73 Å². The molecular weight excluding hydrogens is 268 g/mol.